The molecule has 1 aromatic rings. The van der Waals surface area contributed by atoms with Crippen molar-refractivity contribution in [3.63, 3.8) is 0 Å². The van der Waals surface area contributed by atoms with Crippen LogP contribution in [0.4, 0.5) is 5.69 Å². The van der Waals surface area contributed by atoms with Gasteiger partial charge in [-0.05, 0) is 74.7 Å². The molecule has 1 aromatic carbocycles. The highest BCUT2D eigenvalue weighted by Crippen LogP contribution is 2.61. The molecular weight excluding hydrogens is 346 g/mol. The van der Waals surface area contributed by atoms with Crippen molar-refractivity contribution in [1.29, 1.82) is 0 Å². The van der Waals surface area contributed by atoms with Crippen LogP contribution in [0.3, 0.4) is 0 Å². The summed E-state index contributed by atoms with van der Waals surface area (Å²) in [6.07, 6.45) is 7.81. The van der Waals surface area contributed by atoms with Crippen LogP contribution in [0.25, 0.3) is 0 Å². The Kier molecular flexibility index (Phi) is 4.40. The number of hydrogen-bond donors (Lipinski definition) is 2. The Bertz CT molecular complexity index is 769. The summed E-state index contributed by atoms with van der Waals surface area (Å²) >= 11 is 0. The predicted octanol–water partition coefficient (Wildman–Crippen LogP) is 3.27. The molecule has 4 bridgehead atoms. The lowest BCUT2D eigenvalue weighted by molar-refractivity contribution is -0.385. The third kappa shape index (κ3) is 3.55. The lowest BCUT2D eigenvalue weighted by atomic mass is 9.49. The first-order valence-electron chi connectivity index (χ1n) is 9.68. The number of aryl methyl sites for hydroxylation is 1. The minimum Gasteiger partial charge on any atom is -0.273 e. The van der Waals surface area contributed by atoms with E-state index in [-0.39, 0.29) is 22.6 Å². The number of benzene rings is 1. The van der Waals surface area contributed by atoms with Crippen LogP contribution in [-0.4, -0.2) is 16.7 Å². The third-order valence-corrected chi connectivity index (χ3v) is 6.68. The first-order valence-corrected chi connectivity index (χ1v) is 9.68. The van der Waals surface area contributed by atoms with Crippen LogP contribution >= 0.6 is 0 Å². The van der Waals surface area contributed by atoms with Crippen molar-refractivity contribution < 1.29 is 14.5 Å². The topological polar surface area (TPSA) is 101 Å². The van der Waals surface area contributed by atoms with E-state index in [4.69, 9.17) is 0 Å². The standard InChI is InChI=1S/C20H25N3O4/c1-12-2-3-16(7-17(12)23(26)27)19(25)22-21-18(24)11-20-8-13-4-14(9-20)6-15(5-13)10-20/h2-3,7,13-15H,4-6,8-11H2,1H3,(H,21,24)(H,22,25). The van der Waals surface area contributed by atoms with E-state index in [1.807, 2.05) is 0 Å². The van der Waals surface area contributed by atoms with Crippen LogP contribution in [0, 0.1) is 40.2 Å². The monoisotopic (exact) mass is 371 g/mol. The molecule has 5 rings (SSSR count). The molecule has 7 heteroatoms. The van der Waals surface area contributed by atoms with Crippen molar-refractivity contribution in [3.8, 4) is 0 Å². The molecule has 4 aliphatic rings. The minimum atomic E-state index is -0.544. The SMILES string of the molecule is Cc1ccc(C(=O)NNC(=O)CC23CC4CC(CC(C4)C2)C3)cc1[N+](=O)[O-]. The van der Waals surface area contributed by atoms with Crippen LogP contribution in [-0.2, 0) is 4.79 Å². The number of carbonyl (C=O) groups is 2. The van der Waals surface area contributed by atoms with Crippen molar-refractivity contribution in [2.45, 2.75) is 51.9 Å². The number of rotatable bonds is 4. The maximum absolute atomic E-state index is 12.5. The van der Waals surface area contributed by atoms with Gasteiger partial charge in [0.2, 0.25) is 5.91 Å². The van der Waals surface area contributed by atoms with E-state index in [2.05, 4.69) is 10.9 Å². The zero-order valence-electron chi connectivity index (χ0n) is 15.5. The molecular formula is C20H25N3O4. The molecule has 4 aliphatic carbocycles. The second kappa shape index (κ2) is 6.62. The summed E-state index contributed by atoms with van der Waals surface area (Å²) in [5.41, 5.74) is 5.55. The summed E-state index contributed by atoms with van der Waals surface area (Å²) in [5.74, 6) is 1.59. The van der Waals surface area contributed by atoms with E-state index in [1.54, 1.807) is 6.92 Å². The smallest absolute Gasteiger partial charge is 0.273 e. The van der Waals surface area contributed by atoms with Crippen LogP contribution in [0.1, 0.15) is 60.9 Å². The predicted molar refractivity (Wildman–Crippen MR) is 98.7 cm³/mol. The van der Waals surface area contributed by atoms with Crippen molar-refractivity contribution in [2.24, 2.45) is 23.2 Å². The van der Waals surface area contributed by atoms with E-state index in [9.17, 15) is 19.7 Å². The summed E-state index contributed by atoms with van der Waals surface area (Å²) in [5, 5.41) is 11.0. The number of nitro benzene ring substituents is 1. The van der Waals surface area contributed by atoms with Gasteiger partial charge in [-0.25, -0.2) is 0 Å². The molecule has 4 saturated carbocycles. The average Bonchev–Trinajstić information content (AvgIpc) is 2.58. The zero-order valence-corrected chi connectivity index (χ0v) is 15.5. The van der Waals surface area contributed by atoms with E-state index in [0.29, 0.717) is 12.0 Å². The summed E-state index contributed by atoms with van der Waals surface area (Å²) in [7, 11) is 0. The zero-order chi connectivity index (χ0) is 19.2. The number of hydrogen-bond acceptors (Lipinski definition) is 4. The molecule has 0 atom stereocenters. The highest BCUT2D eigenvalue weighted by Gasteiger charge is 2.51. The van der Waals surface area contributed by atoms with E-state index in [1.165, 1.54) is 37.5 Å². The highest BCUT2D eigenvalue weighted by atomic mass is 16.6. The maximum Gasteiger partial charge on any atom is 0.273 e. The molecule has 0 aliphatic heterocycles. The van der Waals surface area contributed by atoms with E-state index >= 15 is 0 Å². The molecule has 0 heterocycles. The maximum atomic E-state index is 12.5. The van der Waals surface area contributed by atoms with Gasteiger partial charge in [-0.15, -0.1) is 0 Å². The van der Waals surface area contributed by atoms with Crippen molar-refractivity contribution in [3.05, 3.63) is 39.4 Å². The van der Waals surface area contributed by atoms with Crippen LogP contribution in [0.2, 0.25) is 0 Å². The molecule has 2 N–H and O–H groups in total. The Morgan fingerprint density at radius 3 is 2.26 bits per heavy atom. The van der Waals surface area contributed by atoms with Gasteiger partial charge in [0.05, 0.1) is 4.92 Å². The summed E-state index contributed by atoms with van der Waals surface area (Å²) in [6, 6.07) is 4.28. The molecule has 0 saturated heterocycles. The number of nitrogens with one attached hydrogen (secondary N) is 2. The first kappa shape index (κ1) is 17.9. The fourth-order valence-electron chi connectivity index (χ4n) is 6.04. The van der Waals surface area contributed by atoms with Crippen LogP contribution in [0.5, 0.6) is 0 Å². The first-order chi connectivity index (χ1) is 12.8. The largest absolute Gasteiger partial charge is 0.273 e. The van der Waals surface area contributed by atoms with Crippen molar-refractivity contribution in [2.75, 3.05) is 0 Å². The second-order valence-corrected chi connectivity index (χ2v) is 8.86. The molecule has 2 amide bonds. The normalized spacial score (nSPS) is 30.8. The van der Waals surface area contributed by atoms with Gasteiger partial charge in [0.1, 0.15) is 0 Å². The van der Waals surface area contributed by atoms with Gasteiger partial charge in [-0.2, -0.15) is 0 Å². The van der Waals surface area contributed by atoms with E-state index in [0.717, 1.165) is 37.0 Å². The van der Waals surface area contributed by atoms with Gasteiger partial charge in [0, 0.05) is 23.6 Å². The quantitative estimate of drug-likeness (QED) is 0.626. The van der Waals surface area contributed by atoms with Gasteiger partial charge < -0.3 is 0 Å². The summed E-state index contributed by atoms with van der Waals surface area (Å²) in [4.78, 5) is 35.2. The lowest BCUT2D eigenvalue weighted by Crippen LogP contribution is -2.50. The Labute approximate surface area is 158 Å². The molecule has 27 heavy (non-hydrogen) atoms. The van der Waals surface area contributed by atoms with Crippen molar-refractivity contribution in [1.82, 2.24) is 10.9 Å². The minimum absolute atomic E-state index is 0.103. The van der Waals surface area contributed by atoms with Crippen LogP contribution < -0.4 is 10.9 Å². The molecule has 0 unspecified atom stereocenters. The Hall–Kier alpha value is -2.44. The average molecular weight is 371 g/mol. The second-order valence-electron chi connectivity index (χ2n) is 8.86. The third-order valence-electron chi connectivity index (χ3n) is 6.68. The lowest BCUT2D eigenvalue weighted by Gasteiger charge is -2.56. The van der Waals surface area contributed by atoms with Crippen LogP contribution in [0.15, 0.2) is 18.2 Å². The number of nitrogens with zero attached hydrogens (tertiary/aromatic N) is 1. The Balaban J connectivity index is 1.35. The van der Waals surface area contributed by atoms with Crippen molar-refractivity contribution >= 4 is 17.5 Å². The Morgan fingerprint density at radius 1 is 1.11 bits per heavy atom. The molecule has 7 nitrogen and oxygen atoms in total. The summed E-state index contributed by atoms with van der Waals surface area (Å²) < 4.78 is 0. The Morgan fingerprint density at radius 2 is 1.70 bits per heavy atom. The van der Waals surface area contributed by atoms with Gasteiger partial charge in [0.25, 0.3) is 11.6 Å². The molecule has 0 aromatic heterocycles. The number of amides is 2. The molecule has 0 radical (unpaired) electrons. The molecule has 144 valence electrons. The number of hydrazine groups is 1. The number of nitro groups is 1. The van der Waals surface area contributed by atoms with Gasteiger partial charge in [-0.3, -0.25) is 30.6 Å². The van der Waals surface area contributed by atoms with E-state index < -0.39 is 10.8 Å². The molecule has 4 fully saturated rings. The number of carbonyl (C=O) groups excluding carboxylic acids is 2. The fourth-order valence-corrected chi connectivity index (χ4v) is 6.04. The molecule has 0 spiro atoms. The van der Waals surface area contributed by atoms with Gasteiger partial charge in [0.15, 0.2) is 0 Å². The van der Waals surface area contributed by atoms with Gasteiger partial charge in [-0.1, -0.05) is 6.07 Å². The summed E-state index contributed by atoms with van der Waals surface area (Å²) in [6.45, 7) is 1.62. The fraction of sp³-hybridized carbons (Fsp3) is 0.600. The van der Waals surface area contributed by atoms with Gasteiger partial charge >= 0.3 is 0 Å². The highest BCUT2D eigenvalue weighted by molar-refractivity contribution is 5.96.